The minimum Gasteiger partial charge on any atom is -0.486 e. The first-order chi connectivity index (χ1) is 12.8. The van der Waals surface area contributed by atoms with Crippen LogP contribution in [0, 0.1) is 5.92 Å². The van der Waals surface area contributed by atoms with Crippen LogP contribution >= 0.6 is 0 Å². The first-order valence-corrected chi connectivity index (χ1v) is 9.51. The summed E-state index contributed by atoms with van der Waals surface area (Å²) < 4.78 is 16.7. The van der Waals surface area contributed by atoms with Gasteiger partial charge in [-0.3, -0.25) is 4.79 Å². The Morgan fingerprint density at radius 3 is 2.62 bits per heavy atom. The average Bonchev–Trinajstić information content (AvgIpc) is 3.20. The van der Waals surface area contributed by atoms with Crippen LogP contribution in [0.3, 0.4) is 0 Å². The predicted octanol–water partition coefficient (Wildman–Crippen LogP) is 4.27. The number of rotatable bonds is 5. The van der Waals surface area contributed by atoms with Gasteiger partial charge in [-0.1, -0.05) is 19.3 Å². The van der Waals surface area contributed by atoms with E-state index in [1.807, 2.05) is 29.2 Å². The lowest BCUT2D eigenvalue weighted by Crippen LogP contribution is -2.35. The number of benzene rings is 1. The smallest absolute Gasteiger partial charge is 0.254 e. The number of fused-ring (bicyclic) bond motifs is 1. The van der Waals surface area contributed by atoms with Crippen molar-refractivity contribution >= 4 is 5.91 Å². The van der Waals surface area contributed by atoms with Gasteiger partial charge >= 0.3 is 0 Å². The molecule has 138 valence electrons. The normalized spacial score (nSPS) is 17.1. The van der Waals surface area contributed by atoms with Crippen molar-refractivity contribution < 1.29 is 18.7 Å². The molecule has 1 amide bonds. The van der Waals surface area contributed by atoms with Crippen molar-refractivity contribution in [2.75, 3.05) is 19.8 Å². The first kappa shape index (κ1) is 17.0. The summed E-state index contributed by atoms with van der Waals surface area (Å²) in [6, 6.07) is 9.24. The van der Waals surface area contributed by atoms with Gasteiger partial charge in [-0.15, -0.1) is 0 Å². The summed E-state index contributed by atoms with van der Waals surface area (Å²) in [6.07, 6.45) is 7.88. The van der Waals surface area contributed by atoms with Crippen LogP contribution in [0.5, 0.6) is 11.5 Å². The number of hydrogen-bond acceptors (Lipinski definition) is 4. The average molecular weight is 355 g/mol. The molecule has 1 saturated carbocycles. The highest BCUT2D eigenvalue weighted by molar-refractivity contribution is 5.95. The van der Waals surface area contributed by atoms with E-state index >= 15 is 0 Å². The van der Waals surface area contributed by atoms with E-state index in [2.05, 4.69) is 0 Å². The largest absolute Gasteiger partial charge is 0.486 e. The van der Waals surface area contributed by atoms with Gasteiger partial charge < -0.3 is 18.8 Å². The molecule has 1 fully saturated rings. The number of ether oxygens (including phenoxy) is 2. The molecule has 2 aliphatic rings. The monoisotopic (exact) mass is 355 g/mol. The molecule has 0 spiro atoms. The van der Waals surface area contributed by atoms with E-state index in [0.29, 0.717) is 42.7 Å². The van der Waals surface area contributed by atoms with Crippen molar-refractivity contribution in [3.8, 4) is 11.5 Å². The highest BCUT2D eigenvalue weighted by Gasteiger charge is 2.24. The Balaban J connectivity index is 1.54. The fourth-order valence-corrected chi connectivity index (χ4v) is 3.85. The van der Waals surface area contributed by atoms with Crippen molar-refractivity contribution in [2.24, 2.45) is 5.92 Å². The summed E-state index contributed by atoms with van der Waals surface area (Å²) in [6.45, 7) is 2.33. The zero-order valence-electron chi connectivity index (χ0n) is 15.0. The summed E-state index contributed by atoms with van der Waals surface area (Å²) >= 11 is 0. The molecular weight excluding hydrogens is 330 g/mol. The molecule has 0 bridgehead atoms. The van der Waals surface area contributed by atoms with Gasteiger partial charge in [0.2, 0.25) is 0 Å². The van der Waals surface area contributed by atoms with E-state index in [-0.39, 0.29) is 5.91 Å². The van der Waals surface area contributed by atoms with Crippen LogP contribution in [0.25, 0.3) is 0 Å². The highest BCUT2D eigenvalue weighted by atomic mass is 16.6. The highest BCUT2D eigenvalue weighted by Crippen LogP contribution is 2.32. The molecule has 1 aromatic heterocycles. The Hall–Kier alpha value is -2.43. The summed E-state index contributed by atoms with van der Waals surface area (Å²) in [5.41, 5.74) is 0.636. The molecule has 5 nitrogen and oxygen atoms in total. The summed E-state index contributed by atoms with van der Waals surface area (Å²) in [5.74, 6) is 2.76. The lowest BCUT2D eigenvalue weighted by atomic mass is 9.89. The van der Waals surface area contributed by atoms with Crippen LogP contribution in [-0.4, -0.2) is 30.6 Å². The van der Waals surface area contributed by atoms with Crippen molar-refractivity contribution in [1.29, 1.82) is 0 Å². The second kappa shape index (κ2) is 7.85. The van der Waals surface area contributed by atoms with Crippen LogP contribution in [0.1, 0.15) is 48.2 Å². The number of carbonyl (C=O) groups is 1. The quantitative estimate of drug-likeness (QED) is 0.803. The van der Waals surface area contributed by atoms with E-state index < -0.39 is 0 Å². The van der Waals surface area contributed by atoms with Crippen LogP contribution in [0.15, 0.2) is 41.0 Å². The first-order valence-electron chi connectivity index (χ1n) is 9.51. The number of carbonyl (C=O) groups excluding carboxylic acids is 1. The van der Waals surface area contributed by atoms with Gasteiger partial charge in [-0.2, -0.15) is 0 Å². The molecule has 0 unspecified atom stereocenters. The van der Waals surface area contributed by atoms with Crippen molar-refractivity contribution in [3.05, 3.63) is 47.9 Å². The lowest BCUT2D eigenvalue weighted by Gasteiger charge is -2.29. The Labute approximate surface area is 153 Å². The molecule has 26 heavy (non-hydrogen) atoms. The van der Waals surface area contributed by atoms with Crippen LogP contribution in [0.4, 0.5) is 0 Å². The van der Waals surface area contributed by atoms with E-state index in [1.165, 1.54) is 32.1 Å². The van der Waals surface area contributed by atoms with Crippen molar-refractivity contribution in [1.82, 2.24) is 4.90 Å². The van der Waals surface area contributed by atoms with Gasteiger partial charge in [0.15, 0.2) is 11.5 Å². The zero-order valence-corrected chi connectivity index (χ0v) is 15.0. The van der Waals surface area contributed by atoms with Crippen LogP contribution < -0.4 is 9.47 Å². The van der Waals surface area contributed by atoms with Gasteiger partial charge in [0.1, 0.15) is 19.0 Å². The van der Waals surface area contributed by atoms with E-state index in [0.717, 1.165) is 12.3 Å². The molecule has 2 heterocycles. The number of furan rings is 1. The second-order valence-electron chi connectivity index (χ2n) is 7.13. The number of hydrogen-bond donors (Lipinski definition) is 0. The molecule has 1 aromatic carbocycles. The summed E-state index contributed by atoms with van der Waals surface area (Å²) in [5, 5.41) is 0. The van der Waals surface area contributed by atoms with Gasteiger partial charge in [-0.05, 0) is 49.1 Å². The molecule has 4 rings (SSSR count). The molecule has 0 atom stereocenters. The Morgan fingerprint density at radius 1 is 1.04 bits per heavy atom. The molecule has 0 radical (unpaired) electrons. The fourth-order valence-electron chi connectivity index (χ4n) is 3.85. The lowest BCUT2D eigenvalue weighted by molar-refractivity contribution is 0.0684. The van der Waals surface area contributed by atoms with Crippen LogP contribution in [0.2, 0.25) is 0 Å². The van der Waals surface area contributed by atoms with E-state index in [9.17, 15) is 4.79 Å². The maximum Gasteiger partial charge on any atom is 0.254 e. The maximum atomic E-state index is 13.2. The Morgan fingerprint density at radius 2 is 1.85 bits per heavy atom. The van der Waals surface area contributed by atoms with Gasteiger partial charge in [-0.25, -0.2) is 0 Å². The standard InChI is InChI=1S/C21H25NO4/c23-21(17-8-9-19-20(13-17)26-12-11-25-19)22(15-18-7-4-10-24-18)14-16-5-2-1-3-6-16/h4,7-10,13,16H,1-3,5-6,11-12,14-15H2. The number of amides is 1. The zero-order chi connectivity index (χ0) is 17.8. The van der Waals surface area contributed by atoms with E-state index in [1.54, 1.807) is 12.3 Å². The molecule has 0 N–H and O–H groups in total. The van der Waals surface area contributed by atoms with Crippen LogP contribution in [-0.2, 0) is 6.54 Å². The van der Waals surface area contributed by atoms with Crippen molar-refractivity contribution in [2.45, 2.75) is 38.6 Å². The van der Waals surface area contributed by atoms with Gasteiger partial charge in [0.25, 0.3) is 5.91 Å². The molecule has 2 aromatic rings. The summed E-state index contributed by atoms with van der Waals surface area (Å²) in [4.78, 5) is 15.1. The molecular formula is C21H25NO4. The predicted molar refractivity (Wildman–Crippen MR) is 97.5 cm³/mol. The number of nitrogens with zero attached hydrogens (tertiary/aromatic N) is 1. The molecule has 0 saturated heterocycles. The summed E-state index contributed by atoms with van der Waals surface area (Å²) in [7, 11) is 0. The molecule has 1 aliphatic carbocycles. The van der Waals surface area contributed by atoms with Gasteiger partial charge in [0, 0.05) is 12.1 Å². The van der Waals surface area contributed by atoms with Gasteiger partial charge in [0.05, 0.1) is 12.8 Å². The molecule has 1 aliphatic heterocycles. The van der Waals surface area contributed by atoms with Crippen molar-refractivity contribution in [3.63, 3.8) is 0 Å². The Bertz CT molecular complexity index is 734. The third-order valence-corrected chi connectivity index (χ3v) is 5.21. The van der Waals surface area contributed by atoms with E-state index in [4.69, 9.17) is 13.9 Å². The third kappa shape index (κ3) is 3.87. The Kier molecular flexibility index (Phi) is 5.14. The topological polar surface area (TPSA) is 51.9 Å². The third-order valence-electron chi connectivity index (χ3n) is 5.21. The maximum absolute atomic E-state index is 13.2. The fraction of sp³-hybridized carbons (Fsp3) is 0.476. The minimum atomic E-state index is 0.0175. The second-order valence-corrected chi connectivity index (χ2v) is 7.13. The molecule has 5 heteroatoms. The SMILES string of the molecule is O=C(c1ccc2c(c1)OCCO2)N(Cc1ccco1)CC1CCCCC1. The minimum absolute atomic E-state index is 0.0175.